The maximum atomic E-state index is 11.4. The normalized spacial score (nSPS) is 35.4. The SMILES string of the molecule is C=C(C(=O)O)C1CC2C(C)=CCCC2(C)CC1OC(C)=O. The molecule has 0 bridgehead atoms. The highest BCUT2D eigenvalue weighted by Crippen LogP contribution is 2.53. The fraction of sp³-hybridized carbons (Fsp3) is 0.647. The quantitative estimate of drug-likeness (QED) is 0.492. The van der Waals surface area contributed by atoms with Gasteiger partial charge >= 0.3 is 11.9 Å². The molecule has 0 saturated heterocycles. The molecule has 0 spiro atoms. The second-order valence-corrected chi connectivity index (χ2v) is 6.72. The van der Waals surface area contributed by atoms with Crippen LogP contribution in [0, 0.1) is 17.3 Å². The van der Waals surface area contributed by atoms with Gasteiger partial charge in [-0.25, -0.2) is 4.79 Å². The number of carbonyl (C=O) groups is 2. The van der Waals surface area contributed by atoms with Gasteiger partial charge in [0.1, 0.15) is 6.10 Å². The van der Waals surface area contributed by atoms with Gasteiger partial charge in [0.2, 0.25) is 0 Å². The van der Waals surface area contributed by atoms with Crippen molar-refractivity contribution in [2.75, 3.05) is 0 Å². The zero-order chi connectivity index (χ0) is 15.8. The predicted molar refractivity (Wildman–Crippen MR) is 79.6 cm³/mol. The van der Waals surface area contributed by atoms with Crippen molar-refractivity contribution in [2.24, 2.45) is 17.3 Å². The smallest absolute Gasteiger partial charge is 0.331 e. The monoisotopic (exact) mass is 292 g/mol. The van der Waals surface area contributed by atoms with Crippen LogP contribution < -0.4 is 0 Å². The number of carbonyl (C=O) groups excluding carboxylic acids is 1. The summed E-state index contributed by atoms with van der Waals surface area (Å²) in [5.74, 6) is -1.31. The van der Waals surface area contributed by atoms with Crippen molar-refractivity contribution in [3.63, 3.8) is 0 Å². The van der Waals surface area contributed by atoms with Crippen molar-refractivity contribution in [1.29, 1.82) is 0 Å². The Morgan fingerprint density at radius 2 is 2.14 bits per heavy atom. The largest absolute Gasteiger partial charge is 0.478 e. The van der Waals surface area contributed by atoms with Gasteiger partial charge in [0.25, 0.3) is 0 Å². The van der Waals surface area contributed by atoms with Gasteiger partial charge in [-0.2, -0.15) is 0 Å². The fourth-order valence-electron chi connectivity index (χ4n) is 4.08. The minimum Gasteiger partial charge on any atom is -0.478 e. The average molecular weight is 292 g/mol. The number of hydrogen-bond acceptors (Lipinski definition) is 3. The summed E-state index contributed by atoms with van der Waals surface area (Å²) in [4.78, 5) is 22.7. The summed E-state index contributed by atoms with van der Waals surface area (Å²) in [7, 11) is 0. The lowest BCUT2D eigenvalue weighted by atomic mass is 9.56. The maximum absolute atomic E-state index is 11.4. The molecule has 2 aliphatic rings. The molecule has 2 rings (SSSR count). The van der Waals surface area contributed by atoms with E-state index < -0.39 is 5.97 Å². The fourth-order valence-corrected chi connectivity index (χ4v) is 4.08. The van der Waals surface area contributed by atoms with Gasteiger partial charge in [0.15, 0.2) is 0 Å². The number of esters is 1. The molecule has 0 radical (unpaired) electrons. The van der Waals surface area contributed by atoms with Crippen LogP contribution in [-0.2, 0) is 14.3 Å². The van der Waals surface area contributed by atoms with Crippen LogP contribution in [0.4, 0.5) is 0 Å². The van der Waals surface area contributed by atoms with Gasteiger partial charge in [0, 0.05) is 18.4 Å². The number of rotatable bonds is 3. The number of fused-ring (bicyclic) bond motifs is 1. The van der Waals surface area contributed by atoms with Crippen LogP contribution in [0.1, 0.15) is 46.5 Å². The van der Waals surface area contributed by atoms with E-state index in [1.165, 1.54) is 12.5 Å². The molecule has 1 N–H and O–H groups in total. The number of carboxylic acid groups (broad SMARTS) is 1. The zero-order valence-electron chi connectivity index (χ0n) is 13.0. The molecule has 0 aromatic rings. The summed E-state index contributed by atoms with van der Waals surface area (Å²) in [5.41, 5.74) is 1.56. The maximum Gasteiger partial charge on any atom is 0.331 e. The lowest BCUT2D eigenvalue weighted by Crippen LogP contribution is -2.46. The minimum absolute atomic E-state index is 0.0776. The van der Waals surface area contributed by atoms with E-state index in [4.69, 9.17) is 4.74 Å². The number of allylic oxidation sites excluding steroid dienone is 2. The van der Waals surface area contributed by atoms with Gasteiger partial charge in [0.05, 0.1) is 0 Å². The van der Waals surface area contributed by atoms with Crippen molar-refractivity contribution in [3.8, 4) is 0 Å². The molecule has 4 unspecified atom stereocenters. The minimum atomic E-state index is -1.00. The highest BCUT2D eigenvalue weighted by molar-refractivity contribution is 5.86. The van der Waals surface area contributed by atoms with Crippen LogP contribution in [0.3, 0.4) is 0 Å². The van der Waals surface area contributed by atoms with E-state index in [0.29, 0.717) is 18.8 Å². The van der Waals surface area contributed by atoms with E-state index in [1.807, 2.05) is 0 Å². The van der Waals surface area contributed by atoms with E-state index in [1.54, 1.807) is 0 Å². The molecule has 4 heteroatoms. The molecule has 0 amide bonds. The Labute approximate surface area is 125 Å². The Kier molecular flexibility index (Phi) is 4.26. The third-order valence-corrected chi connectivity index (χ3v) is 5.22. The van der Waals surface area contributed by atoms with Crippen LogP contribution >= 0.6 is 0 Å². The molecule has 0 aromatic heterocycles. The lowest BCUT2D eigenvalue weighted by Gasteiger charge is -2.50. The van der Waals surface area contributed by atoms with Crippen molar-refractivity contribution < 1.29 is 19.4 Å². The van der Waals surface area contributed by atoms with Gasteiger partial charge in [-0.1, -0.05) is 25.2 Å². The average Bonchev–Trinajstić information content (AvgIpc) is 2.36. The molecule has 0 aromatic carbocycles. The number of aliphatic carboxylic acids is 1. The number of ether oxygens (including phenoxy) is 1. The molecule has 0 heterocycles. The molecule has 0 aliphatic heterocycles. The zero-order valence-corrected chi connectivity index (χ0v) is 13.0. The predicted octanol–water partition coefficient (Wildman–Crippen LogP) is 3.33. The van der Waals surface area contributed by atoms with Crippen molar-refractivity contribution in [3.05, 3.63) is 23.8 Å². The molecule has 1 fully saturated rings. The van der Waals surface area contributed by atoms with Crippen LogP contribution in [0.2, 0.25) is 0 Å². The highest BCUT2D eigenvalue weighted by Gasteiger charge is 2.48. The molecular formula is C17H24O4. The number of hydrogen-bond donors (Lipinski definition) is 1. The van der Waals surface area contributed by atoms with Crippen LogP contribution in [0.25, 0.3) is 0 Å². The topological polar surface area (TPSA) is 63.6 Å². The van der Waals surface area contributed by atoms with Crippen molar-refractivity contribution >= 4 is 11.9 Å². The third kappa shape index (κ3) is 3.04. The standard InChI is InChI=1S/C17H24O4/c1-10-6-5-7-17(4)9-15(21-12(3)18)13(8-14(10)17)11(2)16(19)20/h6,13-15H,2,5,7-9H2,1,3-4H3,(H,19,20). The molecule has 2 aliphatic carbocycles. The Bertz CT molecular complexity index is 505. The van der Waals surface area contributed by atoms with Crippen molar-refractivity contribution in [2.45, 2.75) is 52.6 Å². The van der Waals surface area contributed by atoms with Gasteiger partial charge in [-0.3, -0.25) is 4.79 Å². The second-order valence-electron chi connectivity index (χ2n) is 6.72. The van der Waals surface area contributed by atoms with E-state index in [-0.39, 0.29) is 29.0 Å². The first-order valence-electron chi connectivity index (χ1n) is 7.50. The Morgan fingerprint density at radius 3 is 2.71 bits per heavy atom. The Balaban J connectivity index is 2.31. The summed E-state index contributed by atoms with van der Waals surface area (Å²) >= 11 is 0. The molecule has 4 nitrogen and oxygen atoms in total. The Morgan fingerprint density at radius 1 is 1.48 bits per heavy atom. The van der Waals surface area contributed by atoms with Crippen molar-refractivity contribution in [1.82, 2.24) is 0 Å². The highest BCUT2D eigenvalue weighted by atomic mass is 16.5. The van der Waals surface area contributed by atoms with Crippen LogP contribution in [0.5, 0.6) is 0 Å². The number of carboxylic acids is 1. The first-order chi connectivity index (χ1) is 9.74. The molecular weight excluding hydrogens is 268 g/mol. The summed E-state index contributed by atoms with van der Waals surface area (Å²) in [6, 6.07) is 0. The van der Waals surface area contributed by atoms with Gasteiger partial charge < -0.3 is 9.84 Å². The summed E-state index contributed by atoms with van der Waals surface area (Å²) in [6.45, 7) is 9.43. The van der Waals surface area contributed by atoms with Crippen LogP contribution in [0.15, 0.2) is 23.8 Å². The van der Waals surface area contributed by atoms with E-state index in [9.17, 15) is 14.7 Å². The first kappa shape index (κ1) is 15.8. The molecule has 4 atom stereocenters. The van der Waals surface area contributed by atoms with E-state index in [0.717, 1.165) is 12.8 Å². The molecule has 116 valence electrons. The summed E-state index contributed by atoms with van der Waals surface area (Å²) in [5, 5.41) is 9.26. The van der Waals surface area contributed by atoms with Crippen LogP contribution in [-0.4, -0.2) is 23.1 Å². The van der Waals surface area contributed by atoms with E-state index in [2.05, 4.69) is 26.5 Å². The van der Waals surface area contributed by atoms with Gasteiger partial charge in [-0.15, -0.1) is 0 Å². The lowest BCUT2D eigenvalue weighted by molar-refractivity contribution is -0.156. The summed E-state index contributed by atoms with van der Waals surface area (Å²) in [6.07, 6.45) is 5.37. The second kappa shape index (κ2) is 5.66. The van der Waals surface area contributed by atoms with E-state index >= 15 is 0 Å². The molecule has 21 heavy (non-hydrogen) atoms. The Hall–Kier alpha value is -1.58. The first-order valence-corrected chi connectivity index (χ1v) is 7.50. The third-order valence-electron chi connectivity index (χ3n) is 5.22. The molecule has 1 saturated carbocycles. The van der Waals surface area contributed by atoms with Gasteiger partial charge in [-0.05, 0) is 43.9 Å². The summed E-state index contributed by atoms with van der Waals surface area (Å²) < 4.78 is 5.44.